The molecule has 0 aliphatic rings. The number of hydrogen-bond acceptors (Lipinski definition) is 5. The van der Waals surface area contributed by atoms with Gasteiger partial charge in [-0.25, -0.2) is 21.6 Å². The lowest BCUT2D eigenvalue weighted by molar-refractivity contribution is -0.0297. The predicted molar refractivity (Wildman–Crippen MR) is 97.9 cm³/mol. The van der Waals surface area contributed by atoms with Crippen molar-refractivity contribution < 1.29 is 21.6 Å². The van der Waals surface area contributed by atoms with Crippen molar-refractivity contribution in [2.24, 2.45) is 5.41 Å². The molecule has 9 heteroatoms. The van der Waals surface area contributed by atoms with Gasteiger partial charge in [0, 0.05) is 12.1 Å². The first-order chi connectivity index (χ1) is 10.4. The molecule has 0 aromatic heterocycles. The molecule has 0 bridgehead atoms. The normalized spacial score (nSPS) is 17.1. The highest BCUT2D eigenvalue weighted by atomic mass is 32.2. The van der Waals surface area contributed by atoms with Gasteiger partial charge in [-0.2, -0.15) is 4.31 Å². The number of rotatable bonds is 8. The molecule has 2 atom stereocenters. The van der Waals surface area contributed by atoms with Gasteiger partial charge in [0.05, 0.1) is 31.3 Å². The summed E-state index contributed by atoms with van der Waals surface area (Å²) >= 11 is 0. The smallest absolute Gasteiger partial charge is 0.212 e. The average molecular weight is 387 g/mol. The molecule has 0 spiro atoms. The van der Waals surface area contributed by atoms with E-state index in [2.05, 4.69) is 4.72 Å². The maximum atomic E-state index is 12.3. The van der Waals surface area contributed by atoms with Crippen LogP contribution < -0.4 is 4.72 Å². The van der Waals surface area contributed by atoms with E-state index in [9.17, 15) is 16.8 Å². The standard InChI is InChI=1S/C15H34N2O5S2/c1-12(14(2,3)4)22-11-13(10-16-23(8,18)19)17(15(5,6)7)24(9,20)21/h12-13,16H,10-11H2,1-9H3. The molecular formula is C15H34N2O5S2. The van der Waals surface area contributed by atoms with Crippen molar-refractivity contribution in [3.63, 3.8) is 0 Å². The van der Waals surface area contributed by atoms with Crippen LogP contribution in [0.5, 0.6) is 0 Å². The Bertz CT molecular complexity index is 601. The molecule has 0 saturated heterocycles. The van der Waals surface area contributed by atoms with E-state index >= 15 is 0 Å². The predicted octanol–water partition coefficient (Wildman–Crippen LogP) is 1.42. The molecular weight excluding hydrogens is 352 g/mol. The summed E-state index contributed by atoms with van der Waals surface area (Å²) in [4.78, 5) is 0. The zero-order chi connectivity index (χ0) is 19.6. The van der Waals surface area contributed by atoms with E-state index in [0.29, 0.717) is 0 Å². The Balaban J connectivity index is 5.52. The van der Waals surface area contributed by atoms with Crippen molar-refractivity contribution in [2.75, 3.05) is 25.7 Å². The van der Waals surface area contributed by atoms with Gasteiger partial charge in [0.1, 0.15) is 0 Å². The Labute approximate surface area is 148 Å². The number of ether oxygens (including phenoxy) is 1. The summed E-state index contributed by atoms with van der Waals surface area (Å²) in [6.07, 6.45) is 2.06. The van der Waals surface area contributed by atoms with Crippen LogP contribution in [0.4, 0.5) is 0 Å². The lowest BCUT2D eigenvalue weighted by atomic mass is 9.90. The lowest BCUT2D eigenvalue weighted by Crippen LogP contribution is -2.56. The van der Waals surface area contributed by atoms with Crippen LogP contribution in [0.2, 0.25) is 0 Å². The van der Waals surface area contributed by atoms with E-state index in [1.165, 1.54) is 4.31 Å². The molecule has 0 aromatic carbocycles. The summed E-state index contributed by atoms with van der Waals surface area (Å²) in [5.41, 5.74) is -0.807. The molecule has 0 heterocycles. The molecule has 2 unspecified atom stereocenters. The van der Waals surface area contributed by atoms with Crippen LogP contribution in [0, 0.1) is 5.41 Å². The summed E-state index contributed by atoms with van der Waals surface area (Å²) in [5.74, 6) is 0. The summed E-state index contributed by atoms with van der Waals surface area (Å²) in [5, 5.41) is 0. The Kier molecular flexibility index (Phi) is 7.91. The number of nitrogens with zero attached hydrogens (tertiary/aromatic N) is 1. The number of nitrogens with one attached hydrogen (secondary N) is 1. The SMILES string of the molecule is CC(OCC(CNS(C)(=O)=O)N(C(C)(C)C)S(C)(=O)=O)C(C)(C)C. The van der Waals surface area contributed by atoms with Gasteiger partial charge in [0.25, 0.3) is 0 Å². The van der Waals surface area contributed by atoms with Crippen LogP contribution in [0.25, 0.3) is 0 Å². The van der Waals surface area contributed by atoms with E-state index in [1.807, 2.05) is 27.7 Å². The van der Waals surface area contributed by atoms with Gasteiger partial charge in [-0.05, 0) is 33.1 Å². The topological polar surface area (TPSA) is 92.8 Å². The third-order valence-electron chi connectivity index (χ3n) is 3.69. The Morgan fingerprint density at radius 1 is 1.00 bits per heavy atom. The second kappa shape index (κ2) is 7.99. The number of hydrogen-bond donors (Lipinski definition) is 1. The molecule has 1 N–H and O–H groups in total. The van der Waals surface area contributed by atoms with Crippen LogP contribution in [0.1, 0.15) is 48.5 Å². The quantitative estimate of drug-likeness (QED) is 0.681. The van der Waals surface area contributed by atoms with Crippen molar-refractivity contribution in [2.45, 2.75) is 66.2 Å². The molecule has 0 aliphatic carbocycles. The Morgan fingerprint density at radius 2 is 1.46 bits per heavy atom. The fraction of sp³-hybridized carbons (Fsp3) is 1.00. The monoisotopic (exact) mass is 386 g/mol. The molecule has 0 rings (SSSR count). The summed E-state index contributed by atoms with van der Waals surface area (Å²) < 4.78 is 57.0. The van der Waals surface area contributed by atoms with Crippen LogP contribution in [0.3, 0.4) is 0 Å². The highest BCUT2D eigenvalue weighted by Gasteiger charge is 2.37. The maximum Gasteiger partial charge on any atom is 0.212 e. The van der Waals surface area contributed by atoms with E-state index < -0.39 is 31.6 Å². The largest absolute Gasteiger partial charge is 0.376 e. The van der Waals surface area contributed by atoms with Crippen molar-refractivity contribution in [3.8, 4) is 0 Å². The fourth-order valence-electron chi connectivity index (χ4n) is 2.28. The van der Waals surface area contributed by atoms with Crippen LogP contribution in [0.15, 0.2) is 0 Å². The highest BCUT2D eigenvalue weighted by Crippen LogP contribution is 2.25. The van der Waals surface area contributed by atoms with Gasteiger partial charge in [-0.3, -0.25) is 0 Å². The molecule has 0 aromatic rings. The van der Waals surface area contributed by atoms with E-state index in [1.54, 1.807) is 20.8 Å². The van der Waals surface area contributed by atoms with Gasteiger partial charge in [0.2, 0.25) is 20.0 Å². The van der Waals surface area contributed by atoms with Crippen molar-refractivity contribution >= 4 is 20.0 Å². The second-order valence-corrected chi connectivity index (χ2v) is 12.0. The van der Waals surface area contributed by atoms with Gasteiger partial charge < -0.3 is 4.74 Å². The maximum absolute atomic E-state index is 12.3. The van der Waals surface area contributed by atoms with E-state index in [0.717, 1.165) is 12.5 Å². The molecule has 0 amide bonds. The van der Waals surface area contributed by atoms with Gasteiger partial charge in [-0.1, -0.05) is 20.8 Å². The fourth-order valence-corrected chi connectivity index (χ4v) is 4.45. The molecule has 0 aliphatic heterocycles. The lowest BCUT2D eigenvalue weighted by Gasteiger charge is -2.40. The first kappa shape index (κ1) is 23.8. The Hall–Kier alpha value is -0.220. The summed E-state index contributed by atoms with van der Waals surface area (Å²) in [6, 6.07) is -0.639. The highest BCUT2D eigenvalue weighted by molar-refractivity contribution is 7.89. The average Bonchev–Trinajstić information content (AvgIpc) is 2.25. The molecule has 0 fully saturated rings. The number of sulfonamides is 2. The summed E-state index contributed by atoms with van der Waals surface area (Å²) in [6.45, 7) is 13.4. The van der Waals surface area contributed by atoms with Gasteiger partial charge in [-0.15, -0.1) is 0 Å². The third-order valence-corrected chi connectivity index (χ3v) is 5.94. The zero-order valence-electron chi connectivity index (χ0n) is 16.4. The molecule has 0 saturated carbocycles. The Morgan fingerprint density at radius 3 is 1.75 bits per heavy atom. The third kappa shape index (κ3) is 8.75. The van der Waals surface area contributed by atoms with Crippen LogP contribution in [-0.4, -0.2) is 64.5 Å². The minimum Gasteiger partial charge on any atom is -0.376 e. The molecule has 7 nitrogen and oxygen atoms in total. The van der Waals surface area contributed by atoms with Gasteiger partial charge >= 0.3 is 0 Å². The zero-order valence-corrected chi connectivity index (χ0v) is 18.0. The first-order valence-corrected chi connectivity index (χ1v) is 11.7. The van der Waals surface area contributed by atoms with E-state index in [-0.39, 0.29) is 24.7 Å². The molecule has 0 radical (unpaired) electrons. The summed E-state index contributed by atoms with van der Waals surface area (Å²) in [7, 11) is -6.99. The van der Waals surface area contributed by atoms with Crippen LogP contribution in [-0.2, 0) is 24.8 Å². The minimum atomic E-state index is -3.55. The van der Waals surface area contributed by atoms with Gasteiger partial charge in [0.15, 0.2) is 0 Å². The van der Waals surface area contributed by atoms with Crippen molar-refractivity contribution in [1.82, 2.24) is 9.03 Å². The molecule has 24 heavy (non-hydrogen) atoms. The van der Waals surface area contributed by atoms with Crippen LogP contribution >= 0.6 is 0 Å². The first-order valence-electron chi connectivity index (χ1n) is 7.91. The molecule has 146 valence electrons. The second-order valence-electron chi connectivity index (χ2n) is 8.35. The minimum absolute atomic E-state index is 0.0416. The van der Waals surface area contributed by atoms with Crippen molar-refractivity contribution in [1.29, 1.82) is 0 Å². The van der Waals surface area contributed by atoms with Crippen molar-refractivity contribution in [3.05, 3.63) is 0 Å². The van der Waals surface area contributed by atoms with E-state index in [4.69, 9.17) is 4.74 Å².